The topological polar surface area (TPSA) is 26.0 Å². The number of benzene rings is 1. The van der Waals surface area contributed by atoms with Gasteiger partial charge >= 0.3 is 0 Å². The molecule has 2 N–H and O–H groups in total. The van der Waals surface area contributed by atoms with Gasteiger partial charge in [0.05, 0.1) is 14.6 Å². The first-order valence-corrected chi connectivity index (χ1v) is 4.52. The molecule has 0 aliphatic rings. The van der Waals surface area contributed by atoms with Crippen LogP contribution in [0.1, 0.15) is 5.56 Å². The third kappa shape index (κ3) is 1.56. The van der Waals surface area contributed by atoms with E-state index in [2.05, 4.69) is 31.9 Å². The Hall–Kier alpha value is -0.0900. The van der Waals surface area contributed by atoms with E-state index < -0.39 is 0 Å². The molecular formula is C7H6Br2FN. The van der Waals surface area contributed by atoms with E-state index in [4.69, 9.17) is 5.73 Å². The van der Waals surface area contributed by atoms with Gasteiger partial charge < -0.3 is 5.73 Å². The van der Waals surface area contributed by atoms with Crippen LogP contribution in [-0.2, 0) is 0 Å². The molecule has 0 radical (unpaired) electrons. The second-order valence-electron chi connectivity index (χ2n) is 2.22. The Bertz CT molecular complexity index is 273. The van der Waals surface area contributed by atoms with Crippen molar-refractivity contribution in [2.75, 3.05) is 5.73 Å². The average molecular weight is 283 g/mol. The molecule has 1 aromatic rings. The van der Waals surface area contributed by atoms with Gasteiger partial charge in [0.2, 0.25) is 0 Å². The van der Waals surface area contributed by atoms with Gasteiger partial charge in [-0.15, -0.1) is 0 Å². The summed E-state index contributed by atoms with van der Waals surface area (Å²) in [5.41, 5.74) is 6.91. The van der Waals surface area contributed by atoms with Crippen molar-refractivity contribution in [1.29, 1.82) is 0 Å². The van der Waals surface area contributed by atoms with E-state index in [1.54, 1.807) is 6.92 Å². The average Bonchev–Trinajstić information content (AvgIpc) is 1.97. The van der Waals surface area contributed by atoms with Crippen LogP contribution in [0.2, 0.25) is 0 Å². The van der Waals surface area contributed by atoms with Crippen LogP contribution in [0.5, 0.6) is 0 Å². The molecule has 0 aliphatic carbocycles. The van der Waals surface area contributed by atoms with Crippen molar-refractivity contribution in [3.63, 3.8) is 0 Å². The van der Waals surface area contributed by atoms with E-state index in [0.29, 0.717) is 14.6 Å². The van der Waals surface area contributed by atoms with E-state index >= 15 is 0 Å². The molecule has 0 heterocycles. The van der Waals surface area contributed by atoms with E-state index in [9.17, 15) is 4.39 Å². The van der Waals surface area contributed by atoms with Crippen LogP contribution in [0.15, 0.2) is 15.0 Å². The lowest BCUT2D eigenvalue weighted by atomic mass is 10.2. The number of hydrogen-bond donors (Lipinski definition) is 1. The van der Waals surface area contributed by atoms with Gasteiger partial charge in [-0.05, 0) is 50.4 Å². The predicted molar refractivity (Wildman–Crippen MR) is 50.9 cm³/mol. The first-order valence-electron chi connectivity index (χ1n) is 2.93. The minimum atomic E-state index is -0.302. The molecule has 1 nitrogen and oxygen atoms in total. The van der Waals surface area contributed by atoms with E-state index in [1.165, 1.54) is 6.07 Å². The number of hydrogen-bond acceptors (Lipinski definition) is 1. The van der Waals surface area contributed by atoms with Gasteiger partial charge in [0.1, 0.15) is 5.82 Å². The number of aryl methyl sites for hydroxylation is 1. The van der Waals surface area contributed by atoms with Gasteiger partial charge in [-0.3, -0.25) is 0 Å². The van der Waals surface area contributed by atoms with Crippen molar-refractivity contribution in [1.82, 2.24) is 0 Å². The maximum atomic E-state index is 12.9. The fraction of sp³-hybridized carbons (Fsp3) is 0.143. The highest BCUT2D eigenvalue weighted by molar-refractivity contribution is 9.13. The molecule has 0 atom stereocenters. The summed E-state index contributed by atoms with van der Waals surface area (Å²) in [5, 5.41) is 0. The molecule has 1 rings (SSSR count). The highest BCUT2D eigenvalue weighted by Gasteiger charge is 2.09. The summed E-state index contributed by atoms with van der Waals surface area (Å²) in [5.74, 6) is -0.302. The first-order chi connectivity index (χ1) is 5.04. The molecule has 0 aromatic heterocycles. The first kappa shape index (κ1) is 9.00. The molecular weight excluding hydrogens is 277 g/mol. The van der Waals surface area contributed by atoms with E-state index in [-0.39, 0.29) is 5.82 Å². The Morgan fingerprint density at radius 2 is 1.91 bits per heavy atom. The van der Waals surface area contributed by atoms with Crippen LogP contribution < -0.4 is 5.73 Å². The summed E-state index contributed by atoms with van der Waals surface area (Å²) >= 11 is 6.23. The zero-order valence-electron chi connectivity index (χ0n) is 5.79. The van der Waals surface area contributed by atoms with Gasteiger partial charge in [-0.25, -0.2) is 4.39 Å². The Kier molecular flexibility index (Phi) is 2.54. The van der Waals surface area contributed by atoms with Crippen molar-refractivity contribution in [2.24, 2.45) is 0 Å². The highest BCUT2D eigenvalue weighted by Crippen LogP contribution is 2.33. The summed E-state index contributed by atoms with van der Waals surface area (Å²) in [6.45, 7) is 1.76. The van der Waals surface area contributed by atoms with Gasteiger partial charge in [-0.2, -0.15) is 0 Å². The molecule has 1 aromatic carbocycles. The van der Waals surface area contributed by atoms with Crippen molar-refractivity contribution in [3.05, 3.63) is 26.4 Å². The van der Waals surface area contributed by atoms with Gasteiger partial charge in [0, 0.05) is 0 Å². The Labute approximate surface area is 81.0 Å². The minimum Gasteiger partial charge on any atom is -0.398 e. The summed E-state index contributed by atoms with van der Waals surface area (Å²) in [6.07, 6.45) is 0. The van der Waals surface area contributed by atoms with Crippen molar-refractivity contribution in [3.8, 4) is 0 Å². The SMILES string of the molecule is Cc1cc(F)c(Br)c(Br)c1N. The molecule has 0 aliphatic heterocycles. The lowest BCUT2D eigenvalue weighted by Crippen LogP contribution is -1.93. The lowest BCUT2D eigenvalue weighted by Gasteiger charge is -2.05. The van der Waals surface area contributed by atoms with Gasteiger partial charge in [0.25, 0.3) is 0 Å². The van der Waals surface area contributed by atoms with Crippen LogP contribution in [0.25, 0.3) is 0 Å². The normalized spacial score (nSPS) is 10.2. The van der Waals surface area contributed by atoms with Gasteiger partial charge in [-0.1, -0.05) is 0 Å². The van der Waals surface area contributed by atoms with Crippen LogP contribution in [0.3, 0.4) is 0 Å². The van der Waals surface area contributed by atoms with Crippen molar-refractivity contribution in [2.45, 2.75) is 6.92 Å². The number of nitrogen functional groups attached to an aromatic ring is 1. The molecule has 60 valence electrons. The maximum absolute atomic E-state index is 12.9. The Morgan fingerprint density at radius 1 is 1.36 bits per heavy atom. The summed E-state index contributed by atoms with van der Waals surface area (Å²) in [7, 11) is 0. The quantitative estimate of drug-likeness (QED) is 0.574. The largest absolute Gasteiger partial charge is 0.398 e. The molecule has 0 bridgehead atoms. The monoisotopic (exact) mass is 281 g/mol. The summed E-state index contributed by atoms with van der Waals surface area (Å²) in [6, 6.07) is 1.39. The number of rotatable bonds is 0. The summed E-state index contributed by atoms with van der Waals surface area (Å²) in [4.78, 5) is 0. The summed E-state index contributed by atoms with van der Waals surface area (Å²) < 4.78 is 13.8. The maximum Gasteiger partial charge on any atom is 0.138 e. The lowest BCUT2D eigenvalue weighted by molar-refractivity contribution is 0.619. The fourth-order valence-electron chi connectivity index (χ4n) is 0.727. The number of anilines is 1. The number of halogens is 3. The molecule has 0 saturated heterocycles. The fourth-order valence-corrected chi connectivity index (χ4v) is 1.56. The minimum absolute atomic E-state index is 0.302. The molecule has 11 heavy (non-hydrogen) atoms. The van der Waals surface area contributed by atoms with Crippen LogP contribution in [0.4, 0.5) is 10.1 Å². The van der Waals surface area contributed by atoms with Crippen molar-refractivity contribution >= 4 is 37.5 Å². The second kappa shape index (κ2) is 3.11. The molecule has 0 saturated carbocycles. The van der Waals surface area contributed by atoms with E-state index in [1.807, 2.05) is 0 Å². The molecule has 0 unspecified atom stereocenters. The third-order valence-corrected chi connectivity index (χ3v) is 3.54. The smallest absolute Gasteiger partial charge is 0.138 e. The Morgan fingerprint density at radius 3 is 2.45 bits per heavy atom. The standard InChI is InChI=1S/C7H6Br2FN/c1-3-2-4(10)5(8)6(9)7(3)11/h2H,11H2,1H3. The van der Waals surface area contributed by atoms with Crippen LogP contribution in [-0.4, -0.2) is 0 Å². The predicted octanol–water partition coefficient (Wildman–Crippen LogP) is 3.24. The Balaban J connectivity index is 3.46. The highest BCUT2D eigenvalue weighted by atomic mass is 79.9. The molecule has 4 heteroatoms. The third-order valence-electron chi connectivity index (χ3n) is 1.41. The van der Waals surface area contributed by atoms with Gasteiger partial charge in [0.15, 0.2) is 0 Å². The van der Waals surface area contributed by atoms with Crippen LogP contribution in [0, 0.1) is 12.7 Å². The van der Waals surface area contributed by atoms with E-state index in [0.717, 1.165) is 5.56 Å². The zero-order valence-corrected chi connectivity index (χ0v) is 8.96. The molecule has 0 spiro atoms. The number of nitrogens with two attached hydrogens (primary N) is 1. The molecule has 0 fully saturated rings. The zero-order chi connectivity index (χ0) is 8.59. The van der Waals surface area contributed by atoms with Crippen LogP contribution >= 0.6 is 31.9 Å². The molecule has 0 amide bonds. The van der Waals surface area contributed by atoms with Crippen molar-refractivity contribution < 1.29 is 4.39 Å². The second-order valence-corrected chi connectivity index (χ2v) is 3.80.